The van der Waals surface area contributed by atoms with Gasteiger partial charge in [0.2, 0.25) is 5.88 Å². The molecule has 3 aromatic heterocycles. The van der Waals surface area contributed by atoms with Gasteiger partial charge in [0.25, 0.3) is 10.0 Å². The van der Waals surface area contributed by atoms with E-state index in [1.807, 2.05) is 6.92 Å². The molecule has 11 nitrogen and oxygen atoms in total. The van der Waals surface area contributed by atoms with Crippen LogP contribution in [0.2, 0.25) is 0 Å². The zero-order valence-corrected chi connectivity index (χ0v) is 18.9. The lowest BCUT2D eigenvalue weighted by Crippen LogP contribution is -2.13. The van der Waals surface area contributed by atoms with E-state index in [9.17, 15) is 13.2 Å². The van der Waals surface area contributed by atoms with Crippen LogP contribution in [0.1, 0.15) is 5.82 Å². The van der Waals surface area contributed by atoms with Gasteiger partial charge < -0.3 is 9.15 Å². The third-order valence-corrected chi connectivity index (χ3v) is 6.48. The van der Waals surface area contributed by atoms with Crippen molar-refractivity contribution < 1.29 is 17.6 Å². The molecule has 2 aromatic carbocycles. The molecule has 0 spiro atoms. The van der Waals surface area contributed by atoms with Crippen LogP contribution in [0, 0.1) is 6.92 Å². The molecule has 3 heterocycles. The van der Waals surface area contributed by atoms with E-state index in [0.29, 0.717) is 34.2 Å². The Balaban J connectivity index is 1.33. The Morgan fingerprint density at radius 3 is 2.56 bits per heavy atom. The molecule has 0 bridgehead atoms. The van der Waals surface area contributed by atoms with Gasteiger partial charge in [0.05, 0.1) is 10.4 Å². The van der Waals surface area contributed by atoms with Crippen LogP contribution in [0.4, 0.5) is 5.69 Å². The number of aromatic nitrogens is 5. The fourth-order valence-electron chi connectivity index (χ4n) is 3.34. The predicted molar refractivity (Wildman–Crippen MR) is 123 cm³/mol. The van der Waals surface area contributed by atoms with Crippen LogP contribution in [0.25, 0.3) is 16.9 Å². The first-order valence-corrected chi connectivity index (χ1v) is 11.5. The van der Waals surface area contributed by atoms with Crippen molar-refractivity contribution in [2.75, 3.05) is 4.72 Å². The van der Waals surface area contributed by atoms with Gasteiger partial charge in [0.15, 0.2) is 5.58 Å². The molecule has 12 heteroatoms. The second-order valence-electron chi connectivity index (χ2n) is 7.35. The quantitative estimate of drug-likeness (QED) is 0.394. The van der Waals surface area contributed by atoms with E-state index in [0.717, 1.165) is 5.82 Å². The summed E-state index contributed by atoms with van der Waals surface area (Å²) in [6, 6.07) is 12.3. The van der Waals surface area contributed by atoms with Gasteiger partial charge in [-0.25, -0.2) is 28.2 Å². The standard InChI is InChI=1S/C22H18N6O5S/c1-14-23-9-10-28(14)20-12-21(25-13-24-20)32-16-5-3-15(4-6-16)26-34(30,31)17-7-8-19-18(11-17)27(2)22(29)33-19/h3-13,26H,1-2H3. The highest BCUT2D eigenvalue weighted by Gasteiger charge is 2.17. The summed E-state index contributed by atoms with van der Waals surface area (Å²) in [4.78, 5) is 24.2. The lowest BCUT2D eigenvalue weighted by Gasteiger charge is -2.10. The highest BCUT2D eigenvalue weighted by atomic mass is 32.2. The maximum Gasteiger partial charge on any atom is 0.419 e. The molecule has 0 saturated carbocycles. The number of aryl methyl sites for hydroxylation is 2. The first-order valence-electron chi connectivity index (χ1n) is 10.0. The van der Waals surface area contributed by atoms with E-state index in [1.54, 1.807) is 47.3 Å². The van der Waals surface area contributed by atoms with Crippen LogP contribution in [0.3, 0.4) is 0 Å². The summed E-state index contributed by atoms with van der Waals surface area (Å²) in [5.41, 5.74) is 1.03. The zero-order chi connectivity index (χ0) is 23.9. The number of hydrogen-bond donors (Lipinski definition) is 1. The molecule has 1 N–H and O–H groups in total. The number of hydrogen-bond acceptors (Lipinski definition) is 8. The van der Waals surface area contributed by atoms with E-state index in [-0.39, 0.29) is 4.90 Å². The van der Waals surface area contributed by atoms with Crippen molar-refractivity contribution in [3.8, 4) is 17.4 Å². The normalized spacial score (nSPS) is 11.6. The van der Waals surface area contributed by atoms with Crippen LogP contribution in [-0.4, -0.2) is 32.5 Å². The summed E-state index contributed by atoms with van der Waals surface area (Å²) >= 11 is 0. The van der Waals surface area contributed by atoms with E-state index in [4.69, 9.17) is 9.15 Å². The van der Waals surface area contributed by atoms with Crippen LogP contribution >= 0.6 is 0 Å². The number of fused-ring (bicyclic) bond motifs is 1. The summed E-state index contributed by atoms with van der Waals surface area (Å²) in [5, 5.41) is 0. The predicted octanol–water partition coefficient (Wildman–Crippen LogP) is 3.01. The van der Waals surface area contributed by atoms with E-state index >= 15 is 0 Å². The number of imidazole rings is 1. The zero-order valence-electron chi connectivity index (χ0n) is 18.0. The number of benzene rings is 2. The highest BCUT2D eigenvalue weighted by molar-refractivity contribution is 7.92. The second kappa shape index (κ2) is 8.15. The number of nitrogens with one attached hydrogen (secondary N) is 1. The van der Waals surface area contributed by atoms with Crippen LogP contribution in [0.5, 0.6) is 11.6 Å². The Kier molecular flexibility index (Phi) is 5.13. The van der Waals surface area contributed by atoms with Gasteiger partial charge in [-0.15, -0.1) is 0 Å². The summed E-state index contributed by atoms with van der Waals surface area (Å²) in [6.45, 7) is 1.86. The van der Waals surface area contributed by atoms with Crippen molar-refractivity contribution in [1.29, 1.82) is 0 Å². The van der Waals surface area contributed by atoms with Gasteiger partial charge in [-0.1, -0.05) is 0 Å². The van der Waals surface area contributed by atoms with Crippen LogP contribution in [-0.2, 0) is 17.1 Å². The molecule has 0 aliphatic heterocycles. The van der Waals surface area contributed by atoms with Gasteiger partial charge >= 0.3 is 5.76 Å². The molecule has 172 valence electrons. The van der Waals surface area contributed by atoms with E-state index in [1.165, 1.54) is 36.1 Å². The number of ether oxygens (including phenoxy) is 1. The first kappa shape index (κ1) is 21.4. The topological polar surface area (TPSA) is 134 Å². The van der Waals surface area contributed by atoms with Gasteiger partial charge in [0, 0.05) is 31.2 Å². The fraction of sp³-hybridized carbons (Fsp3) is 0.0909. The van der Waals surface area contributed by atoms with Crippen molar-refractivity contribution in [1.82, 2.24) is 24.1 Å². The fourth-order valence-corrected chi connectivity index (χ4v) is 4.42. The van der Waals surface area contributed by atoms with Gasteiger partial charge in [-0.2, -0.15) is 0 Å². The molecule has 34 heavy (non-hydrogen) atoms. The number of anilines is 1. The van der Waals surface area contributed by atoms with Gasteiger partial charge in [0.1, 0.15) is 23.7 Å². The maximum atomic E-state index is 12.8. The Morgan fingerprint density at radius 2 is 1.82 bits per heavy atom. The third kappa shape index (κ3) is 4.01. The smallest absolute Gasteiger partial charge is 0.419 e. The largest absolute Gasteiger partial charge is 0.439 e. The molecule has 0 unspecified atom stereocenters. The van der Waals surface area contributed by atoms with Gasteiger partial charge in [-0.3, -0.25) is 13.9 Å². The Labute approximate surface area is 193 Å². The summed E-state index contributed by atoms with van der Waals surface area (Å²) in [6.07, 6.45) is 4.84. The molecular weight excluding hydrogens is 460 g/mol. The van der Waals surface area contributed by atoms with Gasteiger partial charge in [-0.05, 0) is 49.4 Å². The van der Waals surface area contributed by atoms with Crippen LogP contribution in [0.15, 0.2) is 81.4 Å². The third-order valence-electron chi connectivity index (χ3n) is 5.10. The Hall–Kier alpha value is -4.45. The minimum absolute atomic E-state index is 0.0000340. The molecule has 0 fully saturated rings. The van der Waals surface area contributed by atoms with Crippen molar-refractivity contribution in [2.24, 2.45) is 7.05 Å². The molecule has 5 aromatic rings. The van der Waals surface area contributed by atoms with E-state index in [2.05, 4.69) is 19.7 Å². The molecule has 0 atom stereocenters. The minimum Gasteiger partial charge on any atom is -0.439 e. The second-order valence-corrected chi connectivity index (χ2v) is 9.03. The molecule has 0 radical (unpaired) electrons. The lowest BCUT2D eigenvalue weighted by molar-refractivity contribution is 0.461. The average molecular weight is 478 g/mol. The highest BCUT2D eigenvalue weighted by Crippen LogP contribution is 2.25. The average Bonchev–Trinajstić information content (AvgIpc) is 3.37. The Morgan fingerprint density at radius 1 is 1.03 bits per heavy atom. The van der Waals surface area contributed by atoms with Crippen molar-refractivity contribution >= 4 is 26.8 Å². The SMILES string of the molecule is Cc1nccn1-c1cc(Oc2ccc(NS(=O)(=O)c3ccc4oc(=O)n(C)c4c3)cc2)ncn1. The molecule has 0 aliphatic carbocycles. The monoisotopic (exact) mass is 478 g/mol. The summed E-state index contributed by atoms with van der Waals surface area (Å²) in [5.74, 6) is 1.60. The summed E-state index contributed by atoms with van der Waals surface area (Å²) in [7, 11) is -2.39. The van der Waals surface area contributed by atoms with Crippen LogP contribution < -0.4 is 15.2 Å². The minimum atomic E-state index is -3.90. The van der Waals surface area contributed by atoms with Crippen molar-refractivity contribution in [3.63, 3.8) is 0 Å². The number of oxazole rings is 1. The molecule has 0 saturated heterocycles. The van der Waals surface area contributed by atoms with Crippen molar-refractivity contribution in [3.05, 3.63) is 83.6 Å². The Bertz CT molecular complexity index is 1670. The van der Waals surface area contributed by atoms with Crippen molar-refractivity contribution in [2.45, 2.75) is 11.8 Å². The number of sulfonamides is 1. The molecular formula is C22H18N6O5S. The summed E-state index contributed by atoms with van der Waals surface area (Å²) < 4.78 is 42.0. The lowest BCUT2D eigenvalue weighted by atomic mass is 10.3. The maximum absolute atomic E-state index is 12.8. The first-order chi connectivity index (χ1) is 16.3. The molecule has 5 rings (SSSR count). The number of nitrogens with zero attached hydrogens (tertiary/aromatic N) is 5. The van der Waals surface area contributed by atoms with E-state index < -0.39 is 15.8 Å². The molecule has 0 aliphatic rings. The number of rotatable bonds is 6. The molecule has 0 amide bonds.